The number of carboxylic acids is 1. The summed E-state index contributed by atoms with van der Waals surface area (Å²) in [7, 11) is 1.72. The van der Waals surface area contributed by atoms with Gasteiger partial charge in [-0.1, -0.05) is 11.6 Å². The Kier molecular flexibility index (Phi) is 3.58. The number of aryl methyl sites for hydroxylation is 1. The van der Waals surface area contributed by atoms with Crippen LogP contribution in [0.4, 0.5) is 0 Å². The number of rotatable bonds is 2. The second-order valence-corrected chi connectivity index (χ2v) is 4.54. The molecular formula is C11H13ClN2O4. The summed E-state index contributed by atoms with van der Waals surface area (Å²) in [6, 6.07) is 1.56. The Labute approximate surface area is 109 Å². The summed E-state index contributed by atoms with van der Waals surface area (Å²) < 4.78 is 6.69. The molecule has 7 heteroatoms. The van der Waals surface area contributed by atoms with Crippen LogP contribution in [0.1, 0.15) is 10.5 Å². The molecule has 0 aromatic carbocycles. The van der Waals surface area contributed by atoms with Gasteiger partial charge in [-0.3, -0.25) is 4.79 Å². The Morgan fingerprint density at radius 3 is 2.83 bits per heavy atom. The number of carbonyl (C=O) groups is 2. The molecule has 2 heterocycles. The fraction of sp³-hybridized carbons (Fsp3) is 0.455. The Morgan fingerprint density at radius 1 is 1.56 bits per heavy atom. The van der Waals surface area contributed by atoms with E-state index in [-0.39, 0.29) is 19.1 Å². The first-order valence-corrected chi connectivity index (χ1v) is 5.82. The van der Waals surface area contributed by atoms with Crippen LogP contribution in [0.5, 0.6) is 0 Å². The number of hydrogen-bond donors (Lipinski definition) is 1. The normalized spacial score (nSPS) is 19.9. The topological polar surface area (TPSA) is 71.8 Å². The summed E-state index contributed by atoms with van der Waals surface area (Å²) in [5, 5.41) is 9.35. The van der Waals surface area contributed by atoms with Crippen molar-refractivity contribution in [2.75, 3.05) is 19.7 Å². The van der Waals surface area contributed by atoms with E-state index in [0.29, 0.717) is 17.3 Å². The molecular weight excluding hydrogens is 260 g/mol. The van der Waals surface area contributed by atoms with Gasteiger partial charge in [0.05, 0.1) is 18.2 Å². The van der Waals surface area contributed by atoms with Gasteiger partial charge in [-0.05, 0) is 6.07 Å². The quantitative estimate of drug-likeness (QED) is 0.856. The van der Waals surface area contributed by atoms with Crippen LogP contribution in [0.2, 0.25) is 5.02 Å². The molecule has 1 aromatic rings. The molecule has 0 bridgehead atoms. The third-order valence-electron chi connectivity index (χ3n) is 2.82. The van der Waals surface area contributed by atoms with Gasteiger partial charge < -0.3 is 19.3 Å². The predicted molar refractivity (Wildman–Crippen MR) is 63.7 cm³/mol. The van der Waals surface area contributed by atoms with Crippen LogP contribution >= 0.6 is 11.6 Å². The van der Waals surface area contributed by atoms with E-state index in [1.54, 1.807) is 23.9 Å². The van der Waals surface area contributed by atoms with Gasteiger partial charge in [0, 0.05) is 19.8 Å². The molecule has 2 rings (SSSR count). The van der Waals surface area contributed by atoms with Gasteiger partial charge in [-0.25, -0.2) is 4.79 Å². The van der Waals surface area contributed by atoms with E-state index in [0.717, 1.165) is 0 Å². The van der Waals surface area contributed by atoms with Crippen LogP contribution in [-0.2, 0) is 16.6 Å². The lowest BCUT2D eigenvalue weighted by molar-refractivity contribution is -0.154. The van der Waals surface area contributed by atoms with Gasteiger partial charge in [0.25, 0.3) is 5.91 Å². The molecule has 1 fully saturated rings. The van der Waals surface area contributed by atoms with Crippen molar-refractivity contribution in [1.82, 2.24) is 9.47 Å². The number of halogens is 1. The molecule has 1 aromatic heterocycles. The Balaban J connectivity index is 2.14. The van der Waals surface area contributed by atoms with Crippen molar-refractivity contribution < 1.29 is 19.4 Å². The Hall–Kier alpha value is -1.53. The molecule has 1 aliphatic rings. The number of amides is 1. The van der Waals surface area contributed by atoms with Crippen LogP contribution in [0, 0.1) is 0 Å². The van der Waals surface area contributed by atoms with E-state index in [9.17, 15) is 9.59 Å². The molecule has 1 amide bonds. The highest BCUT2D eigenvalue weighted by molar-refractivity contribution is 6.31. The van der Waals surface area contributed by atoms with Crippen molar-refractivity contribution in [3.05, 3.63) is 23.0 Å². The standard InChI is InChI=1S/C11H13ClN2O4/c1-13-5-7(12)4-8(13)10(15)14-2-3-18-9(6-14)11(16)17/h4-5,9H,2-3,6H2,1H3,(H,16,17). The molecule has 1 atom stereocenters. The monoisotopic (exact) mass is 272 g/mol. The molecule has 1 saturated heterocycles. The number of nitrogens with zero attached hydrogens (tertiary/aromatic N) is 2. The fourth-order valence-corrected chi connectivity index (χ4v) is 2.13. The van der Waals surface area contributed by atoms with Gasteiger partial charge in [0.15, 0.2) is 6.10 Å². The number of morpholine rings is 1. The highest BCUT2D eigenvalue weighted by Crippen LogP contribution is 2.16. The lowest BCUT2D eigenvalue weighted by Gasteiger charge is -2.30. The van der Waals surface area contributed by atoms with E-state index >= 15 is 0 Å². The third kappa shape index (κ3) is 2.49. The number of carbonyl (C=O) groups excluding carboxylic acids is 1. The molecule has 18 heavy (non-hydrogen) atoms. The zero-order chi connectivity index (χ0) is 13.3. The van der Waals surface area contributed by atoms with Crippen LogP contribution in [0.15, 0.2) is 12.3 Å². The van der Waals surface area contributed by atoms with Crippen LogP contribution in [-0.4, -0.2) is 52.3 Å². The summed E-state index contributed by atoms with van der Waals surface area (Å²) in [5.41, 5.74) is 0.436. The molecule has 0 saturated carbocycles. The molecule has 1 N–H and O–H groups in total. The minimum absolute atomic E-state index is 0.0525. The minimum atomic E-state index is -1.06. The van der Waals surface area contributed by atoms with Crippen LogP contribution < -0.4 is 0 Å². The zero-order valence-corrected chi connectivity index (χ0v) is 10.6. The first kappa shape index (κ1) is 12.9. The second-order valence-electron chi connectivity index (χ2n) is 4.10. The first-order valence-electron chi connectivity index (χ1n) is 5.44. The lowest BCUT2D eigenvalue weighted by Crippen LogP contribution is -2.48. The van der Waals surface area contributed by atoms with E-state index in [4.69, 9.17) is 21.4 Å². The summed E-state index contributed by atoms with van der Waals surface area (Å²) in [5.74, 6) is -1.30. The van der Waals surface area contributed by atoms with Gasteiger partial charge in [0.2, 0.25) is 0 Å². The van der Waals surface area contributed by atoms with Gasteiger partial charge in [-0.2, -0.15) is 0 Å². The molecule has 1 unspecified atom stereocenters. The first-order chi connectivity index (χ1) is 8.49. The summed E-state index contributed by atoms with van der Waals surface area (Å²) in [6.07, 6.45) is 0.669. The Bertz CT molecular complexity index is 485. The molecule has 0 radical (unpaired) electrons. The van der Waals surface area contributed by atoms with E-state index in [2.05, 4.69) is 0 Å². The van der Waals surface area contributed by atoms with Gasteiger partial charge in [-0.15, -0.1) is 0 Å². The molecule has 1 aliphatic heterocycles. The molecule has 0 spiro atoms. The lowest BCUT2D eigenvalue weighted by atomic mass is 10.2. The van der Waals surface area contributed by atoms with Gasteiger partial charge in [0.1, 0.15) is 5.69 Å². The van der Waals surface area contributed by atoms with Crippen molar-refractivity contribution in [2.24, 2.45) is 7.05 Å². The van der Waals surface area contributed by atoms with Crippen molar-refractivity contribution in [3.63, 3.8) is 0 Å². The maximum absolute atomic E-state index is 12.2. The SMILES string of the molecule is Cn1cc(Cl)cc1C(=O)N1CCOC(C(=O)O)C1. The number of ether oxygens (including phenoxy) is 1. The van der Waals surface area contributed by atoms with Crippen LogP contribution in [0.25, 0.3) is 0 Å². The molecule has 6 nitrogen and oxygen atoms in total. The maximum atomic E-state index is 12.2. The van der Waals surface area contributed by atoms with E-state index in [1.807, 2.05) is 0 Å². The summed E-state index contributed by atoms with van der Waals surface area (Å²) in [6.45, 7) is 0.656. The average Bonchev–Trinajstić information content (AvgIpc) is 2.67. The predicted octanol–water partition coefficient (Wildman–Crippen LogP) is 0.604. The summed E-state index contributed by atoms with van der Waals surface area (Å²) in [4.78, 5) is 24.5. The number of hydrogen-bond acceptors (Lipinski definition) is 3. The Morgan fingerprint density at radius 2 is 2.28 bits per heavy atom. The average molecular weight is 273 g/mol. The number of carboxylic acid groups (broad SMARTS) is 1. The molecule has 98 valence electrons. The smallest absolute Gasteiger partial charge is 0.334 e. The zero-order valence-electron chi connectivity index (χ0n) is 9.80. The maximum Gasteiger partial charge on any atom is 0.334 e. The van der Waals surface area contributed by atoms with Crippen molar-refractivity contribution >= 4 is 23.5 Å². The van der Waals surface area contributed by atoms with E-state index in [1.165, 1.54) is 4.90 Å². The third-order valence-corrected chi connectivity index (χ3v) is 3.03. The van der Waals surface area contributed by atoms with Crippen LogP contribution in [0.3, 0.4) is 0 Å². The van der Waals surface area contributed by atoms with Crippen molar-refractivity contribution in [1.29, 1.82) is 0 Å². The van der Waals surface area contributed by atoms with Crippen molar-refractivity contribution in [2.45, 2.75) is 6.10 Å². The number of aromatic nitrogens is 1. The molecule has 0 aliphatic carbocycles. The summed E-state index contributed by atoms with van der Waals surface area (Å²) >= 11 is 5.82. The minimum Gasteiger partial charge on any atom is -0.479 e. The highest BCUT2D eigenvalue weighted by Gasteiger charge is 2.30. The van der Waals surface area contributed by atoms with Crippen molar-refractivity contribution in [3.8, 4) is 0 Å². The van der Waals surface area contributed by atoms with Gasteiger partial charge >= 0.3 is 5.97 Å². The highest BCUT2D eigenvalue weighted by atomic mass is 35.5. The van der Waals surface area contributed by atoms with E-state index < -0.39 is 12.1 Å². The second kappa shape index (κ2) is 4.99. The fourth-order valence-electron chi connectivity index (χ4n) is 1.88. The largest absolute Gasteiger partial charge is 0.479 e. The number of aliphatic carboxylic acids is 1.